The Labute approximate surface area is 177 Å². The summed E-state index contributed by atoms with van der Waals surface area (Å²) in [6.45, 7) is 2.68. The number of phenolic OH excluding ortho intramolecular Hbond substituents is 1. The number of rotatable bonds is 6. The first kappa shape index (κ1) is 20.5. The topological polar surface area (TPSA) is 89.8 Å². The lowest BCUT2D eigenvalue weighted by atomic mass is 9.95. The van der Waals surface area contributed by atoms with E-state index < -0.39 is 17.6 Å². The molecule has 1 aliphatic heterocycles. The number of aromatic nitrogens is 1. The minimum absolute atomic E-state index is 0.0906. The molecule has 0 radical (unpaired) electrons. The number of methoxy groups -OCH3 is 2. The lowest BCUT2D eigenvalue weighted by Crippen LogP contribution is -2.22. The smallest absolute Gasteiger partial charge is 0.259 e. The van der Waals surface area contributed by atoms with Crippen LogP contribution in [-0.2, 0) is 16.1 Å². The Morgan fingerprint density at radius 2 is 1.68 bits per heavy atom. The molecule has 0 saturated heterocycles. The molecule has 2 amide bonds. The predicted molar refractivity (Wildman–Crippen MR) is 113 cm³/mol. The third kappa shape index (κ3) is 3.30. The van der Waals surface area contributed by atoms with Crippen LogP contribution in [0.3, 0.4) is 0 Å². The van der Waals surface area contributed by atoms with Crippen molar-refractivity contribution in [2.45, 2.75) is 19.9 Å². The predicted octanol–water partition coefficient (Wildman–Crippen LogP) is 3.48. The summed E-state index contributed by atoms with van der Waals surface area (Å²) in [5.41, 5.74) is 1.77. The molecule has 7 nitrogen and oxygen atoms in total. The fourth-order valence-corrected chi connectivity index (χ4v) is 3.92. The van der Waals surface area contributed by atoms with Gasteiger partial charge in [-0.1, -0.05) is 6.92 Å². The van der Waals surface area contributed by atoms with Gasteiger partial charge in [0.05, 0.1) is 25.4 Å². The summed E-state index contributed by atoms with van der Waals surface area (Å²) in [4.78, 5) is 25.6. The van der Waals surface area contributed by atoms with Crippen LogP contribution in [0.2, 0.25) is 0 Å². The van der Waals surface area contributed by atoms with Gasteiger partial charge in [-0.05, 0) is 42.3 Å². The zero-order valence-electron chi connectivity index (χ0n) is 17.3. The van der Waals surface area contributed by atoms with Gasteiger partial charge in [0.2, 0.25) is 5.75 Å². The second-order valence-electron chi connectivity index (χ2n) is 7.16. The Morgan fingerprint density at radius 3 is 2.29 bits per heavy atom. The van der Waals surface area contributed by atoms with Gasteiger partial charge < -0.3 is 19.1 Å². The average molecular weight is 424 g/mol. The van der Waals surface area contributed by atoms with Gasteiger partial charge in [-0.25, -0.2) is 4.39 Å². The van der Waals surface area contributed by atoms with Gasteiger partial charge in [-0.2, -0.15) is 0 Å². The number of ether oxygens (including phenoxy) is 2. The summed E-state index contributed by atoms with van der Waals surface area (Å²) in [6, 6.07) is 7.29. The molecule has 0 aliphatic carbocycles. The molecule has 0 unspecified atom stereocenters. The van der Waals surface area contributed by atoms with Gasteiger partial charge in [0.15, 0.2) is 11.5 Å². The molecule has 0 spiro atoms. The highest BCUT2D eigenvalue weighted by Crippen LogP contribution is 2.42. The molecular formula is C23H21FN2O5. The quantitative estimate of drug-likeness (QED) is 0.592. The first-order valence-corrected chi connectivity index (χ1v) is 9.73. The van der Waals surface area contributed by atoms with E-state index in [1.165, 1.54) is 38.5 Å². The number of benzene rings is 2. The van der Waals surface area contributed by atoms with E-state index in [4.69, 9.17) is 9.47 Å². The van der Waals surface area contributed by atoms with Crippen LogP contribution < -0.4 is 14.8 Å². The summed E-state index contributed by atoms with van der Waals surface area (Å²) in [6.07, 6.45) is 2.60. The van der Waals surface area contributed by atoms with E-state index in [1.54, 1.807) is 12.3 Å². The number of amides is 2. The van der Waals surface area contributed by atoms with E-state index in [9.17, 15) is 19.1 Å². The highest BCUT2D eigenvalue weighted by atomic mass is 19.1. The third-order valence-corrected chi connectivity index (χ3v) is 5.28. The third-order valence-electron chi connectivity index (χ3n) is 5.28. The van der Waals surface area contributed by atoms with Crippen molar-refractivity contribution >= 4 is 33.9 Å². The van der Waals surface area contributed by atoms with Crippen molar-refractivity contribution in [3.63, 3.8) is 0 Å². The lowest BCUT2D eigenvalue weighted by Gasteiger charge is -2.12. The molecule has 0 atom stereocenters. The molecule has 2 heterocycles. The monoisotopic (exact) mass is 424 g/mol. The van der Waals surface area contributed by atoms with Crippen molar-refractivity contribution < 1.29 is 28.6 Å². The lowest BCUT2D eigenvalue weighted by molar-refractivity contribution is -0.122. The number of carbonyl (C=O) groups is 2. The van der Waals surface area contributed by atoms with Crippen LogP contribution in [0.5, 0.6) is 17.2 Å². The first-order chi connectivity index (χ1) is 14.9. The van der Waals surface area contributed by atoms with Crippen molar-refractivity contribution in [2.75, 3.05) is 14.2 Å². The second kappa shape index (κ2) is 7.79. The van der Waals surface area contributed by atoms with Crippen molar-refractivity contribution in [1.29, 1.82) is 0 Å². The normalized spacial score (nSPS) is 13.8. The molecular weight excluding hydrogens is 403 g/mol. The fourth-order valence-electron chi connectivity index (χ4n) is 3.92. The van der Waals surface area contributed by atoms with E-state index in [0.717, 1.165) is 11.9 Å². The van der Waals surface area contributed by atoms with Gasteiger partial charge >= 0.3 is 0 Å². The standard InChI is InChI=1S/C23H21FN2O5/c1-4-7-26-11-15(14-10-13(24)5-6-16(14)26)20-19(22(28)25-23(20)29)12-8-17(30-2)21(27)18(9-12)31-3/h5-6,8-11,27H,4,7H2,1-3H3,(H,25,28,29). The van der Waals surface area contributed by atoms with Crippen LogP contribution in [0, 0.1) is 5.82 Å². The second-order valence-corrected chi connectivity index (χ2v) is 7.16. The Morgan fingerprint density at radius 1 is 1.03 bits per heavy atom. The van der Waals surface area contributed by atoms with Gasteiger partial charge in [0.1, 0.15) is 5.82 Å². The Hall–Kier alpha value is -3.81. The number of carbonyl (C=O) groups excluding carboxylic acids is 2. The number of fused-ring (bicyclic) bond motifs is 1. The summed E-state index contributed by atoms with van der Waals surface area (Å²) >= 11 is 0. The fraction of sp³-hybridized carbons (Fsp3) is 0.217. The largest absolute Gasteiger partial charge is 0.502 e. The van der Waals surface area contributed by atoms with E-state index in [-0.39, 0.29) is 28.4 Å². The van der Waals surface area contributed by atoms with Crippen LogP contribution in [0.25, 0.3) is 22.0 Å². The molecule has 4 rings (SSSR count). The van der Waals surface area contributed by atoms with E-state index >= 15 is 0 Å². The molecule has 0 fully saturated rings. The number of hydrogen-bond acceptors (Lipinski definition) is 5. The zero-order valence-corrected chi connectivity index (χ0v) is 17.3. The van der Waals surface area contributed by atoms with E-state index in [0.29, 0.717) is 23.1 Å². The maximum atomic E-state index is 14.1. The van der Waals surface area contributed by atoms with Gasteiger partial charge in [-0.15, -0.1) is 0 Å². The summed E-state index contributed by atoms with van der Waals surface area (Å²) in [5.74, 6) is -1.65. The van der Waals surface area contributed by atoms with Crippen LogP contribution in [0.4, 0.5) is 4.39 Å². The number of aryl methyl sites for hydroxylation is 1. The van der Waals surface area contributed by atoms with Crippen LogP contribution in [-0.4, -0.2) is 35.7 Å². The number of halogens is 1. The van der Waals surface area contributed by atoms with Crippen molar-refractivity contribution in [2.24, 2.45) is 0 Å². The first-order valence-electron chi connectivity index (χ1n) is 9.73. The molecule has 8 heteroatoms. The van der Waals surface area contributed by atoms with E-state index in [1.807, 2.05) is 11.5 Å². The van der Waals surface area contributed by atoms with Crippen LogP contribution in [0.15, 0.2) is 36.5 Å². The SMILES string of the molecule is CCCn1cc(C2=C(c3cc(OC)c(O)c(OC)c3)C(=O)NC2=O)c2cc(F)ccc21. The van der Waals surface area contributed by atoms with Gasteiger partial charge in [0, 0.05) is 29.2 Å². The molecule has 1 aromatic heterocycles. The Bertz CT molecular complexity index is 1230. The highest BCUT2D eigenvalue weighted by Gasteiger charge is 2.35. The maximum Gasteiger partial charge on any atom is 0.259 e. The molecule has 2 aromatic carbocycles. The molecule has 31 heavy (non-hydrogen) atoms. The van der Waals surface area contributed by atoms with Gasteiger partial charge in [-0.3, -0.25) is 14.9 Å². The Kier molecular flexibility index (Phi) is 5.14. The number of aromatic hydroxyl groups is 1. The molecule has 160 valence electrons. The maximum absolute atomic E-state index is 14.1. The molecule has 2 N–H and O–H groups in total. The van der Waals surface area contributed by atoms with Crippen molar-refractivity contribution in [1.82, 2.24) is 9.88 Å². The number of imide groups is 1. The zero-order chi connectivity index (χ0) is 22.3. The van der Waals surface area contributed by atoms with Crippen molar-refractivity contribution in [3.05, 3.63) is 53.5 Å². The van der Waals surface area contributed by atoms with Gasteiger partial charge in [0.25, 0.3) is 11.8 Å². The Balaban J connectivity index is 2.04. The number of nitrogens with zero attached hydrogens (tertiary/aromatic N) is 1. The molecule has 3 aromatic rings. The highest BCUT2D eigenvalue weighted by molar-refractivity contribution is 6.50. The number of nitrogens with one attached hydrogen (secondary N) is 1. The molecule has 1 aliphatic rings. The molecule has 0 bridgehead atoms. The summed E-state index contributed by atoms with van der Waals surface area (Å²) in [5, 5.41) is 13.1. The summed E-state index contributed by atoms with van der Waals surface area (Å²) in [7, 11) is 2.74. The molecule has 0 saturated carbocycles. The number of hydrogen-bond donors (Lipinski definition) is 2. The number of phenols is 1. The minimum atomic E-state index is -0.595. The minimum Gasteiger partial charge on any atom is -0.502 e. The van der Waals surface area contributed by atoms with E-state index in [2.05, 4.69) is 5.32 Å². The van der Waals surface area contributed by atoms with Crippen LogP contribution >= 0.6 is 0 Å². The van der Waals surface area contributed by atoms with Crippen LogP contribution in [0.1, 0.15) is 24.5 Å². The van der Waals surface area contributed by atoms with Crippen molar-refractivity contribution in [3.8, 4) is 17.2 Å². The summed E-state index contributed by atoms with van der Waals surface area (Å²) < 4.78 is 26.4. The average Bonchev–Trinajstić information content (AvgIpc) is 3.24.